The average Bonchev–Trinajstić information content (AvgIpc) is 2.71. The van der Waals surface area contributed by atoms with E-state index in [1.807, 2.05) is 6.07 Å². The van der Waals surface area contributed by atoms with Gasteiger partial charge in [-0.25, -0.2) is 0 Å². The standard InChI is InChI=1S/C12H20N2O/c1-10-6-11(2-4-14-10)7-13-8-12-3-5-15-9-12/h3,5,9-11,13-14H,2,4,6-8H2,1H3. The van der Waals surface area contributed by atoms with Crippen molar-refractivity contribution in [1.29, 1.82) is 0 Å². The van der Waals surface area contributed by atoms with Crippen molar-refractivity contribution in [3.63, 3.8) is 0 Å². The van der Waals surface area contributed by atoms with E-state index >= 15 is 0 Å². The predicted molar refractivity (Wildman–Crippen MR) is 60.6 cm³/mol. The van der Waals surface area contributed by atoms with E-state index in [0.29, 0.717) is 6.04 Å². The maximum absolute atomic E-state index is 5.02. The van der Waals surface area contributed by atoms with Gasteiger partial charge < -0.3 is 15.1 Å². The molecule has 1 aromatic heterocycles. The van der Waals surface area contributed by atoms with Crippen molar-refractivity contribution in [2.24, 2.45) is 5.92 Å². The van der Waals surface area contributed by atoms with E-state index < -0.39 is 0 Å². The third-order valence-corrected chi connectivity index (χ3v) is 3.07. The minimum absolute atomic E-state index is 0.680. The van der Waals surface area contributed by atoms with Crippen molar-refractivity contribution in [1.82, 2.24) is 10.6 Å². The molecule has 0 saturated carbocycles. The van der Waals surface area contributed by atoms with Crippen molar-refractivity contribution in [2.45, 2.75) is 32.4 Å². The quantitative estimate of drug-likeness (QED) is 0.791. The molecular weight excluding hydrogens is 188 g/mol. The Hall–Kier alpha value is -0.800. The highest BCUT2D eigenvalue weighted by Gasteiger charge is 2.17. The summed E-state index contributed by atoms with van der Waals surface area (Å²) in [6.07, 6.45) is 6.11. The molecule has 2 heterocycles. The molecule has 0 aromatic carbocycles. The molecule has 1 saturated heterocycles. The van der Waals surface area contributed by atoms with Crippen LogP contribution in [0.5, 0.6) is 0 Å². The lowest BCUT2D eigenvalue weighted by molar-refractivity contribution is 0.304. The van der Waals surface area contributed by atoms with Gasteiger partial charge in [-0.1, -0.05) is 0 Å². The number of hydrogen-bond acceptors (Lipinski definition) is 3. The van der Waals surface area contributed by atoms with Crippen LogP contribution in [0.3, 0.4) is 0 Å². The second-order valence-electron chi connectivity index (χ2n) is 4.51. The monoisotopic (exact) mass is 208 g/mol. The topological polar surface area (TPSA) is 37.2 Å². The summed E-state index contributed by atoms with van der Waals surface area (Å²) in [4.78, 5) is 0. The molecule has 2 atom stereocenters. The molecule has 2 rings (SSSR count). The van der Waals surface area contributed by atoms with Crippen LogP contribution in [0.15, 0.2) is 23.0 Å². The lowest BCUT2D eigenvalue weighted by Crippen LogP contribution is -2.39. The van der Waals surface area contributed by atoms with Crippen molar-refractivity contribution in [2.75, 3.05) is 13.1 Å². The number of piperidine rings is 1. The van der Waals surface area contributed by atoms with Gasteiger partial charge in [0, 0.05) is 18.2 Å². The van der Waals surface area contributed by atoms with Gasteiger partial charge in [-0.15, -0.1) is 0 Å². The van der Waals surface area contributed by atoms with Crippen LogP contribution in [0.2, 0.25) is 0 Å². The summed E-state index contributed by atoms with van der Waals surface area (Å²) in [5.74, 6) is 0.827. The van der Waals surface area contributed by atoms with E-state index in [2.05, 4.69) is 17.6 Å². The molecule has 0 aliphatic carbocycles. The fourth-order valence-electron chi connectivity index (χ4n) is 2.23. The van der Waals surface area contributed by atoms with E-state index in [-0.39, 0.29) is 0 Å². The first-order chi connectivity index (χ1) is 7.34. The molecule has 84 valence electrons. The van der Waals surface area contributed by atoms with Gasteiger partial charge in [0.05, 0.1) is 12.5 Å². The van der Waals surface area contributed by atoms with Crippen LogP contribution < -0.4 is 10.6 Å². The van der Waals surface area contributed by atoms with Crippen LogP contribution >= 0.6 is 0 Å². The summed E-state index contributed by atoms with van der Waals surface area (Å²) in [5, 5.41) is 6.96. The molecule has 2 unspecified atom stereocenters. The fourth-order valence-corrected chi connectivity index (χ4v) is 2.23. The Morgan fingerprint density at radius 2 is 2.53 bits per heavy atom. The first kappa shape index (κ1) is 10.7. The molecule has 0 radical (unpaired) electrons. The minimum Gasteiger partial charge on any atom is -0.472 e. The van der Waals surface area contributed by atoms with Crippen LogP contribution in [0.1, 0.15) is 25.3 Å². The Morgan fingerprint density at radius 3 is 3.27 bits per heavy atom. The van der Waals surface area contributed by atoms with Crippen LogP contribution in [-0.2, 0) is 6.54 Å². The summed E-state index contributed by atoms with van der Waals surface area (Å²) in [5.41, 5.74) is 1.23. The van der Waals surface area contributed by atoms with E-state index in [1.165, 1.54) is 24.9 Å². The number of rotatable bonds is 4. The van der Waals surface area contributed by atoms with Gasteiger partial charge in [0.2, 0.25) is 0 Å². The summed E-state index contributed by atoms with van der Waals surface area (Å²) >= 11 is 0. The minimum atomic E-state index is 0.680. The third-order valence-electron chi connectivity index (χ3n) is 3.07. The Labute approximate surface area is 91.2 Å². The molecule has 1 aliphatic rings. The first-order valence-electron chi connectivity index (χ1n) is 5.80. The normalized spacial score (nSPS) is 26.7. The van der Waals surface area contributed by atoms with Crippen LogP contribution in [-0.4, -0.2) is 19.1 Å². The van der Waals surface area contributed by atoms with Crippen molar-refractivity contribution >= 4 is 0 Å². The van der Waals surface area contributed by atoms with Crippen LogP contribution in [0, 0.1) is 5.92 Å². The SMILES string of the molecule is CC1CC(CNCc2ccoc2)CCN1. The average molecular weight is 208 g/mol. The largest absolute Gasteiger partial charge is 0.472 e. The van der Waals surface area contributed by atoms with Crippen LogP contribution in [0.25, 0.3) is 0 Å². The molecule has 0 amide bonds. The predicted octanol–water partition coefficient (Wildman–Crippen LogP) is 1.76. The Bertz CT molecular complexity index is 271. The maximum Gasteiger partial charge on any atom is 0.0947 e. The molecule has 1 aliphatic heterocycles. The highest BCUT2D eigenvalue weighted by molar-refractivity contribution is 5.04. The molecule has 3 nitrogen and oxygen atoms in total. The van der Waals surface area contributed by atoms with E-state index in [1.54, 1.807) is 12.5 Å². The molecule has 2 N–H and O–H groups in total. The first-order valence-corrected chi connectivity index (χ1v) is 5.80. The lowest BCUT2D eigenvalue weighted by atomic mass is 9.93. The zero-order chi connectivity index (χ0) is 10.5. The summed E-state index contributed by atoms with van der Waals surface area (Å²) in [6.45, 7) is 5.48. The second-order valence-corrected chi connectivity index (χ2v) is 4.51. The van der Waals surface area contributed by atoms with E-state index in [9.17, 15) is 0 Å². The van der Waals surface area contributed by atoms with Crippen LogP contribution in [0.4, 0.5) is 0 Å². The summed E-state index contributed by atoms with van der Waals surface area (Å²) in [7, 11) is 0. The van der Waals surface area contributed by atoms with Crippen molar-refractivity contribution in [3.8, 4) is 0 Å². The Kier molecular flexibility index (Phi) is 3.80. The molecule has 3 heteroatoms. The van der Waals surface area contributed by atoms with Gasteiger partial charge in [0.25, 0.3) is 0 Å². The highest BCUT2D eigenvalue weighted by atomic mass is 16.3. The number of furan rings is 1. The number of nitrogens with one attached hydrogen (secondary N) is 2. The summed E-state index contributed by atoms with van der Waals surface area (Å²) in [6, 6.07) is 2.69. The van der Waals surface area contributed by atoms with Gasteiger partial charge in [-0.05, 0) is 44.8 Å². The van der Waals surface area contributed by atoms with E-state index in [4.69, 9.17) is 4.42 Å². The highest BCUT2D eigenvalue weighted by Crippen LogP contribution is 2.14. The second kappa shape index (κ2) is 5.33. The Morgan fingerprint density at radius 1 is 1.60 bits per heavy atom. The molecule has 1 aromatic rings. The number of hydrogen-bond donors (Lipinski definition) is 2. The van der Waals surface area contributed by atoms with Gasteiger partial charge in [-0.2, -0.15) is 0 Å². The van der Waals surface area contributed by atoms with Gasteiger partial charge in [0.1, 0.15) is 0 Å². The molecule has 0 bridgehead atoms. The van der Waals surface area contributed by atoms with E-state index in [0.717, 1.165) is 19.0 Å². The summed E-state index contributed by atoms with van der Waals surface area (Å²) < 4.78 is 5.02. The fraction of sp³-hybridized carbons (Fsp3) is 0.667. The van der Waals surface area contributed by atoms with Crippen molar-refractivity contribution < 1.29 is 4.42 Å². The van der Waals surface area contributed by atoms with Gasteiger partial charge in [-0.3, -0.25) is 0 Å². The van der Waals surface area contributed by atoms with Gasteiger partial charge >= 0.3 is 0 Å². The third kappa shape index (κ3) is 3.36. The molecular formula is C12H20N2O. The zero-order valence-electron chi connectivity index (χ0n) is 9.33. The van der Waals surface area contributed by atoms with Gasteiger partial charge in [0.15, 0.2) is 0 Å². The smallest absolute Gasteiger partial charge is 0.0947 e. The lowest BCUT2D eigenvalue weighted by Gasteiger charge is -2.28. The van der Waals surface area contributed by atoms with Crippen molar-refractivity contribution in [3.05, 3.63) is 24.2 Å². The molecule has 1 fully saturated rings. The maximum atomic E-state index is 5.02. The molecule has 0 spiro atoms. The Balaban J connectivity index is 1.65. The molecule has 15 heavy (non-hydrogen) atoms. The zero-order valence-corrected chi connectivity index (χ0v) is 9.33.